The molecule has 17 aromatic rings. The van der Waals surface area contributed by atoms with Crippen LogP contribution in [0.15, 0.2) is 382 Å². The van der Waals surface area contributed by atoms with Gasteiger partial charge in [-0.1, -0.05) is 74.5 Å². The van der Waals surface area contributed by atoms with Crippen LogP contribution in [0.5, 0.6) is 69.0 Å². The highest BCUT2D eigenvalue weighted by Crippen LogP contribution is 2.45. The summed E-state index contributed by atoms with van der Waals surface area (Å²) < 4.78 is 55.5. The second kappa shape index (κ2) is 40.6. The second-order valence-corrected chi connectivity index (χ2v) is 34.0. The van der Waals surface area contributed by atoms with Crippen LogP contribution in [0, 0.1) is 0 Å². The molecule has 0 saturated heterocycles. The van der Waals surface area contributed by atoms with Crippen LogP contribution < -0.4 is 129 Å². The van der Waals surface area contributed by atoms with Crippen molar-refractivity contribution >= 4 is 115 Å². The molecule has 17 rings (SSSR count). The highest BCUT2D eigenvalue weighted by atomic mass is 31.2. The van der Waals surface area contributed by atoms with E-state index < -0.39 is 19.1 Å². The van der Waals surface area contributed by atoms with E-state index in [1.54, 1.807) is 109 Å². The van der Waals surface area contributed by atoms with Crippen LogP contribution in [-0.4, -0.2) is 11.9 Å². The summed E-state index contributed by atoms with van der Waals surface area (Å²) in [5.74, 6) is 5.68. The van der Waals surface area contributed by atoms with Gasteiger partial charge in [0.25, 0.3) is 0 Å². The average molecular weight is 1770 g/mol. The van der Waals surface area contributed by atoms with E-state index in [1.165, 1.54) is 60.7 Å². The number of nitrogens with two attached hydrogens (primary N) is 14. The van der Waals surface area contributed by atoms with Gasteiger partial charge in [-0.05, 0) is 366 Å². The van der Waals surface area contributed by atoms with Gasteiger partial charge in [0.15, 0.2) is 7.14 Å². The molecule has 0 heterocycles. The molecule has 660 valence electrons. The van der Waals surface area contributed by atoms with Crippen LogP contribution in [0.3, 0.4) is 0 Å². The first-order chi connectivity index (χ1) is 63.4. The molecule has 28 N–H and O–H groups in total. The van der Waals surface area contributed by atoms with Gasteiger partial charge in [0.2, 0.25) is 0 Å². The molecular weight excluding hydrogens is 1670 g/mol. The Morgan fingerprint density at radius 3 is 0.674 bits per heavy atom. The van der Waals surface area contributed by atoms with Crippen LogP contribution in [0.4, 0.5) is 79.6 Å². The fraction of sp³-hybridized carbons (Fsp3) is 0.0280. The number of rotatable bonds is 22. The molecule has 0 unspecified atom stereocenters. The van der Waals surface area contributed by atoms with E-state index in [9.17, 15) is 9.59 Å². The van der Waals surface area contributed by atoms with Gasteiger partial charge in [-0.25, -0.2) is 9.59 Å². The number of ether oxygens (including phenoxy) is 7. The summed E-state index contributed by atoms with van der Waals surface area (Å²) in [5.41, 5.74) is 98.3. The molecule has 0 radical (unpaired) electrons. The Morgan fingerprint density at radius 1 is 0.212 bits per heavy atom. The van der Waals surface area contributed by atoms with Crippen LogP contribution in [-0.2, 0) is 9.98 Å². The largest absolute Gasteiger partial charge is 0.457 e. The predicted octanol–water partition coefficient (Wildman–Crippen LogP) is 21.3. The molecule has 0 aliphatic rings. The maximum absolute atomic E-state index is 15.2. The molecule has 25 heteroatoms. The fourth-order valence-corrected chi connectivity index (χ4v) is 16.5. The number of carbonyl (C=O) groups is 2. The number of hydrogen-bond donors (Lipinski definition) is 14. The Balaban J connectivity index is 0.000000144. The van der Waals surface area contributed by atoms with Gasteiger partial charge in [0, 0.05) is 89.6 Å². The Labute approximate surface area is 763 Å². The zero-order valence-corrected chi connectivity index (χ0v) is 72.9. The smallest absolute Gasteiger partial charge is 0.343 e. The van der Waals surface area contributed by atoms with E-state index in [2.05, 4.69) is 56.3 Å². The molecule has 0 fully saturated rings. The number of benzene rings is 17. The molecule has 0 aliphatic heterocycles. The highest BCUT2D eigenvalue weighted by molar-refractivity contribution is 7.85. The lowest BCUT2D eigenvalue weighted by Crippen LogP contribution is -2.25. The minimum Gasteiger partial charge on any atom is -0.457 e. The van der Waals surface area contributed by atoms with E-state index in [0.29, 0.717) is 136 Å². The maximum atomic E-state index is 15.2. The van der Waals surface area contributed by atoms with Crippen molar-refractivity contribution in [1.82, 2.24) is 0 Å². The van der Waals surface area contributed by atoms with E-state index in [1.807, 2.05) is 170 Å². The van der Waals surface area contributed by atoms with E-state index in [4.69, 9.17) is 113 Å². The Bertz CT molecular complexity index is 6330. The normalized spacial score (nSPS) is 10.9. The Morgan fingerprint density at radius 2 is 0.424 bits per heavy atom. The number of esters is 2. The van der Waals surface area contributed by atoms with E-state index in [-0.39, 0.29) is 28.0 Å². The molecule has 24 nitrogen and oxygen atoms in total. The van der Waals surface area contributed by atoms with Crippen molar-refractivity contribution in [2.24, 2.45) is 0 Å². The van der Waals surface area contributed by atoms with E-state index in [0.717, 1.165) is 61.6 Å². The molecular formula is C107H97N14O10P. The lowest BCUT2D eigenvalue weighted by atomic mass is 9.78. The van der Waals surface area contributed by atoms with Gasteiger partial charge in [0.1, 0.15) is 69.0 Å². The predicted molar refractivity (Wildman–Crippen MR) is 537 cm³/mol. The third kappa shape index (κ3) is 23.6. The highest BCUT2D eigenvalue weighted by Gasteiger charge is 2.31. The molecule has 0 saturated carbocycles. The first-order valence-corrected chi connectivity index (χ1v) is 43.1. The van der Waals surface area contributed by atoms with Gasteiger partial charge in [0.05, 0.1) is 22.5 Å². The molecule has 0 aliphatic carbocycles. The summed E-state index contributed by atoms with van der Waals surface area (Å²) >= 11 is 0. The van der Waals surface area contributed by atoms with E-state index >= 15 is 4.57 Å². The average Bonchev–Trinajstić information content (AvgIpc) is 0.757. The van der Waals surface area contributed by atoms with Crippen molar-refractivity contribution in [1.29, 1.82) is 0 Å². The molecule has 0 aromatic heterocycles. The van der Waals surface area contributed by atoms with Crippen molar-refractivity contribution in [3.8, 4) is 102 Å². The molecule has 17 aromatic carbocycles. The topological polar surface area (TPSA) is 480 Å². The quantitative estimate of drug-likeness (QED) is 0.0130. The SMILES string of the molecule is CC(C)(c1ccc(Oc2ccc(N)cc2N)cc1)c1ccc(Oc2ccc(N)cc2N)cc1.Nc1cc(N)cc(C(=O)Oc2ccc(OC(=O)c3cc(N)cc(N)c3)cc2)c1.Nc1ccc(-c2cc(-c3ccc(N)cc3)cc(-c3ccc(N)cc3)c2)cc1.Nc1ccc(Oc2ccc(P(=O)(c3ccc(Oc4ccc(N)cc4)cc3)c3ccc(Oc4ccc(N)cc4)cc3)cc2)cc1. The van der Waals surface area contributed by atoms with Crippen molar-refractivity contribution in [2.45, 2.75) is 19.3 Å². The Kier molecular flexibility index (Phi) is 27.8. The number of hydrogen-bond acceptors (Lipinski definition) is 24. The third-order valence-electron chi connectivity index (χ3n) is 21.0. The van der Waals surface area contributed by atoms with Crippen LogP contribution in [0.2, 0.25) is 0 Å². The minimum atomic E-state index is -3.32. The van der Waals surface area contributed by atoms with Crippen molar-refractivity contribution in [3.05, 3.63) is 404 Å². The summed E-state index contributed by atoms with van der Waals surface area (Å²) in [6.45, 7) is 4.35. The fourth-order valence-electron chi connectivity index (χ4n) is 13.9. The zero-order chi connectivity index (χ0) is 93.2. The molecule has 0 bridgehead atoms. The van der Waals surface area contributed by atoms with Crippen LogP contribution >= 0.6 is 7.14 Å². The first-order valence-electron chi connectivity index (χ1n) is 41.4. The van der Waals surface area contributed by atoms with Gasteiger partial charge in [-0.15, -0.1) is 0 Å². The van der Waals surface area contributed by atoms with Crippen LogP contribution in [0.25, 0.3) is 33.4 Å². The van der Waals surface area contributed by atoms with Crippen molar-refractivity contribution < 1.29 is 47.3 Å². The molecule has 132 heavy (non-hydrogen) atoms. The Hall–Kier alpha value is -17.9. The van der Waals surface area contributed by atoms with Crippen molar-refractivity contribution in [3.63, 3.8) is 0 Å². The summed E-state index contributed by atoms with van der Waals surface area (Å²) in [5, 5.41) is 1.96. The molecule has 0 spiro atoms. The molecule has 0 amide bonds. The standard InChI is InChI=1S/C36H30N3O4P.C27H28N4O2.C24H21N3.C20H18N4O4/c37-25-1-7-28(8-2-25)41-31-13-19-34(20-14-31)44(40,35-21-15-32(16-22-35)42-29-9-3-26(38)4-10-29)36-23-17-33(18-24-36)43-30-11-5-27(39)6-12-30;1-27(2,17-3-9-21(10-4-17)32-25-13-7-19(28)15-23(25)30)18-5-11-22(12-6-18)33-26-14-8-20(29)16-24(26)31;25-22-7-1-16(2-8-22)19-13-20(17-3-9-23(26)10-4-17)15-21(14-19)18-5-11-24(27)12-6-18;21-13-5-11(6-14(22)9-13)19(25)27-17-1-2-18(4-3-17)28-20(26)12-7-15(23)10-16(24)8-12/h1-24H,37-39H2;3-16H,28-31H2,1-2H3;1-15H,25-27H2;1-10H,21-24H2. The summed E-state index contributed by atoms with van der Waals surface area (Å²) in [6.07, 6.45) is 0. The summed E-state index contributed by atoms with van der Waals surface area (Å²) in [4.78, 5) is 24.4. The lowest BCUT2D eigenvalue weighted by Gasteiger charge is -2.26. The van der Waals surface area contributed by atoms with Gasteiger partial charge in [-0.3, -0.25) is 0 Å². The van der Waals surface area contributed by atoms with Gasteiger partial charge < -0.3 is 118 Å². The van der Waals surface area contributed by atoms with Gasteiger partial charge >= 0.3 is 11.9 Å². The molecule has 0 atom stereocenters. The first kappa shape index (κ1) is 90.4. The number of anilines is 14. The van der Waals surface area contributed by atoms with Crippen LogP contribution in [0.1, 0.15) is 45.7 Å². The summed E-state index contributed by atoms with van der Waals surface area (Å²) in [7, 11) is -3.32. The third-order valence-corrected chi connectivity index (χ3v) is 24.0. The number of nitrogen functional groups attached to an aromatic ring is 14. The van der Waals surface area contributed by atoms with Gasteiger partial charge in [-0.2, -0.15) is 0 Å². The van der Waals surface area contributed by atoms with Crippen molar-refractivity contribution in [2.75, 3.05) is 80.3 Å². The monoisotopic (exact) mass is 1770 g/mol. The lowest BCUT2D eigenvalue weighted by molar-refractivity contribution is 0.0719. The second-order valence-electron chi connectivity index (χ2n) is 31.3. The number of carbonyl (C=O) groups excluding carboxylic acids is 2. The zero-order valence-electron chi connectivity index (χ0n) is 72.0. The maximum Gasteiger partial charge on any atom is 0.343 e. The minimum absolute atomic E-state index is 0.225. The summed E-state index contributed by atoms with van der Waals surface area (Å²) in [6, 6.07) is 115.